The molecular formula is C19H22N2S. The van der Waals surface area contributed by atoms with Gasteiger partial charge in [0.15, 0.2) is 0 Å². The van der Waals surface area contributed by atoms with Crippen molar-refractivity contribution < 1.29 is 0 Å². The van der Waals surface area contributed by atoms with Gasteiger partial charge < -0.3 is 10.2 Å². The van der Waals surface area contributed by atoms with Gasteiger partial charge in [-0.05, 0) is 69.1 Å². The number of fused-ring (bicyclic) bond motifs is 2. The lowest BCUT2D eigenvalue weighted by Gasteiger charge is -2.23. The van der Waals surface area contributed by atoms with Gasteiger partial charge in [-0.15, -0.1) is 0 Å². The van der Waals surface area contributed by atoms with Crippen LogP contribution in [0.25, 0.3) is 0 Å². The van der Waals surface area contributed by atoms with Gasteiger partial charge in [-0.25, -0.2) is 0 Å². The summed E-state index contributed by atoms with van der Waals surface area (Å²) >= 11 is 1.88. The van der Waals surface area contributed by atoms with Gasteiger partial charge in [0.05, 0.1) is 11.4 Å². The lowest BCUT2D eigenvalue weighted by Crippen LogP contribution is -2.20. The molecule has 0 saturated carbocycles. The quantitative estimate of drug-likeness (QED) is 0.736. The molecule has 114 valence electrons. The molecule has 2 aromatic carbocycles. The van der Waals surface area contributed by atoms with Gasteiger partial charge in [0.1, 0.15) is 0 Å². The van der Waals surface area contributed by atoms with Crippen LogP contribution in [0.4, 0.5) is 11.4 Å². The fraction of sp³-hybridized carbons (Fsp3) is 0.368. The van der Waals surface area contributed by atoms with Crippen molar-refractivity contribution in [3.63, 3.8) is 0 Å². The second kappa shape index (κ2) is 6.35. The van der Waals surface area contributed by atoms with Crippen molar-refractivity contribution in [3.8, 4) is 0 Å². The number of para-hydroxylation sites is 2. The SMILES string of the molecule is c1ccc2c(c1)Nc1c(CCCN3CCCC3)cccc1S2. The van der Waals surface area contributed by atoms with E-state index in [9.17, 15) is 0 Å². The van der Waals surface area contributed by atoms with Crippen LogP contribution in [0.15, 0.2) is 52.3 Å². The first-order valence-electron chi connectivity index (χ1n) is 8.28. The summed E-state index contributed by atoms with van der Waals surface area (Å²) in [5.41, 5.74) is 4.03. The number of nitrogens with one attached hydrogen (secondary N) is 1. The summed E-state index contributed by atoms with van der Waals surface area (Å²) in [6, 6.07) is 15.3. The van der Waals surface area contributed by atoms with Crippen LogP contribution in [0.3, 0.4) is 0 Å². The topological polar surface area (TPSA) is 15.3 Å². The summed E-state index contributed by atoms with van der Waals surface area (Å²) in [5, 5.41) is 3.65. The van der Waals surface area contributed by atoms with Crippen molar-refractivity contribution in [1.82, 2.24) is 4.90 Å². The Morgan fingerprint density at radius 2 is 1.77 bits per heavy atom. The van der Waals surface area contributed by atoms with E-state index in [0.29, 0.717) is 0 Å². The van der Waals surface area contributed by atoms with Gasteiger partial charge in [-0.1, -0.05) is 36.0 Å². The number of benzene rings is 2. The van der Waals surface area contributed by atoms with Crippen molar-refractivity contribution in [2.24, 2.45) is 0 Å². The van der Waals surface area contributed by atoms with Crippen LogP contribution < -0.4 is 5.32 Å². The number of hydrogen-bond acceptors (Lipinski definition) is 3. The highest BCUT2D eigenvalue weighted by atomic mass is 32.2. The van der Waals surface area contributed by atoms with Gasteiger partial charge >= 0.3 is 0 Å². The normalized spacial score (nSPS) is 16.9. The van der Waals surface area contributed by atoms with Gasteiger partial charge in [-0.2, -0.15) is 0 Å². The van der Waals surface area contributed by atoms with E-state index in [1.807, 2.05) is 11.8 Å². The van der Waals surface area contributed by atoms with Gasteiger partial charge in [-0.3, -0.25) is 0 Å². The molecule has 0 aliphatic carbocycles. The minimum absolute atomic E-state index is 1.16. The van der Waals surface area contributed by atoms with E-state index in [1.165, 1.54) is 65.6 Å². The molecule has 22 heavy (non-hydrogen) atoms. The molecule has 0 bridgehead atoms. The lowest BCUT2D eigenvalue weighted by molar-refractivity contribution is 0.334. The maximum absolute atomic E-state index is 3.65. The van der Waals surface area contributed by atoms with Gasteiger partial charge in [0, 0.05) is 9.79 Å². The fourth-order valence-electron chi connectivity index (χ4n) is 3.42. The van der Waals surface area contributed by atoms with E-state index in [1.54, 1.807) is 0 Å². The van der Waals surface area contributed by atoms with Gasteiger partial charge in [0.2, 0.25) is 0 Å². The number of nitrogens with zero attached hydrogens (tertiary/aromatic N) is 1. The van der Waals surface area contributed by atoms with Crippen molar-refractivity contribution in [1.29, 1.82) is 0 Å². The summed E-state index contributed by atoms with van der Waals surface area (Å²) in [5.74, 6) is 0. The van der Waals surface area contributed by atoms with E-state index in [-0.39, 0.29) is 0 Å². The van der Waals surface area contributed by atoms with E-state index in [4.69, 9.17) is 0 Å². The Morgan fingerprint density at radius 3 is 2.68 bits per heavy atom. The third-order valence-electron chi connectivity index (χ3n) is 4.60. The third-order valence-corrected chi connectivity index (χ3v) is 5.73. The number of aryl methyl sites for hydroxylation is 1. The molecule has 0 spiro atoms. The van der Waals surface area contributed by atoms with Crippen LogP contribution in [0.2, 0.25) is 0 Å². The maximum atomic E-state index is 3.65. The molecule has 0 radical (unpaired) electrons. The minimum Gasteiger partial charge on any atom is -0.353 e. The number of hydrogen-bond donors (Lipinski definition) is 1. The van der Waals surface area contributed by atoms with Crippen LogP contribution in [-0.2, 0) is 6.42 Å². The Morgan fingerprint density at radius 1 is 0.955 bits per heavy atom. The average molecular weight is 310 g/mol. The van der Waals surface area contributed by atoms with Crippen LogP contribution >= 0.6 is 11.8 Å². The molecule has 2 aromatic rings. The molecule has 1 N–H and O–H groups in total. The van der Waals surface area contributed by atoms with E-state index < -0.39 is 0 Å². The monoisotopic (exact) mass is 310 g/mol. The highest BCUT2D eigenvalue weighted by Crippen LogP contribution is 2.45. The first-order valence-corrected chi connectivity index (χ1v) is 9.10. The Kier molecular flexibility index (Phi) is 4.09. The summed E-state index contributed by atoms with van der Waals surface area (Å²) in [4.78, 5) is 5.29. The number of likely N-dealkylation sites (tertiary alicyclic amines) is 1. The van der Waals surface area contributed by atoms with Crippen LogP contribution in [-0.4, -0.2) is 24.5 Å². The molecule has 2 heterocycles. The summed E-state index contributed by atoms with van der Waals surface area (Å²) in [7, 11) is 0. The van der Waals surface area contributed by atoms with Crippen LogP contribution in [0.5, 0.6) is 0 Å². The van der Waals surface area contributed by atoms with Gasteiger partial charge in [0.25, 0.3) is 0 Å². The summed E-state index contributed by atoms with van der Waals surface area (Å²) in [6.07, 6.45) is 5.19. The van der Waals surface area contributed by atoms with Crippen LogP contribution in [0, 0.1) is 0 Å². The lowest BCUT2D eigenvalue weighted by atomic mass is 10.1. The number of anilines is 2. The Labute approximate surface area is 136 Å². The molecule has 0 aromatic heterocycles. The van der Waals surface area contributed by atoms with Crippen molar-refractivity contribution in [2.75, 3.05) is 25.0 Å². The molecule has 2 aliphatic heterocycles. The maximum Gasteiger partial charge on any atom is 0.0558 e. The molecular weight excluding hydrogens is 288 g/mol. The summed E-state index contributed by atoms with van der Waals surface area (Å²) < 4.78 is 0. The zero-order valence-electron chi connectivity index (χ0n) is 12.8. The van der Waals surface area contributed by atoms with E-state index >= 15 is 0 Å². The first-order chi connectivity index (χ1) is 10.9. The molecule has 1 saturated heterocycles. The molecule has 3 heteroatoms. The molecule has 0 atom stereocenters. The molecule has 2 nitrogen and oxygen atoms in total. The Bertz CT molecular complexity index is 662. The highest BCUT2D eigenvalue weighted by Gasteiger charge is 2.18. The van der Waals surface area contributed by atoms with Crippen molar-refractivity contribution in [3.05, 3.63) is 48.0 Å². The largest absolute Gasteiger partial charge is 0.353 e. The van der Waals surface area contributed by atoms with E-state index in [0.717, 1.165) is 6.42 Å². The molecule has 0 unspecified atom stereocenters. The zero-order valence-corrected chi connectivity index (χ0v) is 13.7. The number of rotatable bonds is 4. The standard InChI is InChI=1S/C19H22N2S/c1-2-10-17-16(9-1)20-19-15(7-5-11-18(19)22-17)8-6-14-21-12-3-4-13-21/h1-2,5,7,9-11,20H,3-4,6,8,12-14H2. The second-order valence-electron chi connectivity index (χ2n) is 6.17. The molecule has 4 rings (SSSR count). The summed E-state index contributed by atoms with van der Waals surface area (Å²) in [6.45, 7) is 3.84. The van der Waals surface area contributed by atoms with Crippen molar-refractivity contribution in [2.45, 2.75) is 35.5 Å². The Balaban J connectivity index is 1.48. The molecule has 1 fully saturated rings. The minimum atomic E-state index is 1.16. The third kappa shape index (κ3) is 2.88. The predicted octanol–water partition coefficient (Wildman–Crippen LogP) is 4.92. The van der Waals surface area contributed by atoms with Crippen molar-refractivity contribution >= 4 is 23.1 Å². The predicted molar refractivity (Wildman–Crippen MR) is 94.3 cm³/mol. The second-order valence-corrected chi connectivity index (χ2v) is 7.25. The fourth-order valence-corrected chi connectivity index (χ4v) is 4.47. The highest BCUT2D eigenvalue weighted by molar-refractivity contribution is 7.99. The van der Waals surface area contributed by atoms with Crippen LogP contribution in [0.1, 0.15) is 24.8 Å². The smallest absolute Gasteiger partial charge is 0.0558 e. The first kappa shape index (κ1) is 14.2. The van der Waals surface area contributed by atoms with E-state index in [2.05, 4.69) is 52.7 Å². The average Bonchev–Trinajstić information content (AvgIpc) is 3.07. The molecule has 0 amide bonds. The Hall–Kier alpha value is -1.45. The zero-order chi connectivity index (χ0) is 14.8. The molecule has 2 aliphatic rings.